The molecule has 31 heavy (non-hydrogen) atoms. The van der Waals surface area contributed by atoms with Crippen molar-refractivity contribution in [3.05, 3.63) is 65.7 Å². The number of esters is 1. The van der Waals surface area contributed by atoms with E-state index in [1.54, 1.807) is 24.3 Å². The number of hydrogen-bond donors (Lipinski definition) is 2. The summed E-state index contributed by atoms with van der Waals surface area (Å²) in [6.07, 6.45) is 6.18. The Morgan fingerprint density at radius 3 is 2.58 bits per heavy atom. The van der Waals surface area contributed by atoms with Crippen LogP contribution in [0.4, 0.5) is 0 Å². The van der Waals surface area contributed by atoms with E-state index in [4.69, 9.17) is 14.6 Å². The maximum Gasteiger partial charge on any atom is 0.335 e. The molecule has 2 N–H and O–H groups in total. The van der Waals surface area contributed by atoms with Crippen molar-refractivity contribution in [1.29, 1.82) is 0 Å². The standard InChI is InChI=1S/C24H26N2O5/c27-23(30-18-4-2-1-3-5-18)15-26-25-14-20-19(21-12-13-22(20)31-21)11-8-16-6-9-17(10-7-16)24(28)29/h1-7,9-10,14,19-22,26H,8,11-13,15H2,(H,28,29)/b25-14-. The Balaban J connectivity index is 1.27. The first-order valence-electron chi connectivity index (χ1n) is 10.6. The van der Waals surface area contributed by atoms with Crippen LogP contribution in [0, 0.1) is 11.8 Å². The lowest BCUT2D eigenvalue weighted by Gasteiger charge is -2.25. The number of benzene rings is 2. The summed E-state index contributed by atoms with van der Waals surface area (Å²) in [6.45, 7) is -0.00629. The number of carboxylic acids is 1. The largest absolute Gasteiger partial charge is 0.478 e. The highest BCUT2D eigenvalue weighted by atomic mass is 16.5. The lowest BCUT2D eigenvalue weighted by Crippen LogP contribution is -2.30. The SMILES string of the molecule is O=C(CN/N=C\C1C2CCC(O2)C1CCc1ccc(C(=O)O)cc1)Oc1ccccc1. The molecular formula is C24H26N2O5. The number of ether oxygens (including phenoxy) is 2. The van der Waals surface area contributed by atoms with Crippen LogP contribution in [0.1, 0.15) is 35.2 Å². The van der Waals surface area contributed by atoms with E-state index in [0.29, 0.717) is 17.2 Å². The van der Waals surface area contributed by atoms with E-state index in [1.807, 2.05) is 36.5 Å². The van der Waals surface area contributed by atoms with Gasteiger partial charge in [-0.1, -0.05) is 30.3 Å². The first-order chi connectivity index (χ1) is 15.1. The fraction of sp³-hybridized carbons (Fsp3) is 0.375. The molecule has 2 fully saturated rings. The molecule has 2 aromatic rings. The van der Waals surface area contributed by atoms with Crippen molar-refractivity contribution in [2.24, 2.45) is 16.9 Å². The van der Waals surface area contributed by atoms with Crippen LogP contribution in [-0.2, 0) is 16.0 Å². The smallest absolute Gasteiger partial charge is 0.335 e. The number of fused-ring (bicyclic) bond motifs is 2. The topological polar surface area (TPSA) is 97.2 Å². The number of nitrogens with one attached hydrogen (secondary N) is 1. The van der Waals surface area contributed by atoms with E-state index in [9.17, 15) is 9.59 Å². The Morgan fingerprint density at radius 2 is 1.84 bits per heavy atom. The number of hydrogen-bond acceptors (Lipinski definition) is 6. The minimum Gasteiger partial charge on any atom is -0.478 e. The van der Waals surface area contributed by atoms with Crippen molar-refractivity contribution < 1.29 is 24.2 Å². The number of carboxylic acid groups (broad SMARTS) is 1. The lowest BCUT2D eigenvalue weighted by atomic mass is 9.77. The fourth-order valence-electron chi connectivity index (χ4n) is 4.45. The van der Waals surface area contributed by atoms with Crippen LogP contribution in [0.15, 0.2) is 59.7 Å². The number of rotatable bonds is 9. The highest BCUT2D eigenvalue weighted by Crippen LogP contribution is 2.44. The van der Waals surface area contributed by atoms with Gasteiger partial charge in [-0.3, -0.25) is 5.43 Å². The lowest BCUT2D eigenvalue weighted by molar-refractivity contribution is -0.133. The third-order valence-corrected chi connectivity index (χ3v) is 5.99. The molecule has 162 valence electrons. The van der Waals surface area contributed by atoms with Crippen molar-refractivity contribution in [2.75, 3.05) is 6.54 Å². The fourth-order valence-corrected chi connectivity index (χ4v) is 4.45. The average molecular weight is 422 g/mol. The second kappa shape index (κ2) is 9.75. The van der Waals surface area contributed by atoms with Crippen LogP contribution >= 0.6 is 0 Å². The summed E-state index contributed by atoms with van der Waals surface area (Å²) in [7, 11) is 0. The van der Waals surface area contributed by atoms with Gasteiger partial charge >= 0.3 is 11.9 Å². The van der Waals surface area contributed by atoms with Gasteiger partial charge in [0.1, 0.15) is 12.3 Å². The zero-order chi connectivity index (χ0) is 21.6. The maximum absolute atomic E-state index is 11.9. The van der Waals surface area contributed by atoms with E-state index in [0.717, 1.165) is 31.2 Å². The van der Waals surface area contributed by atoms with Crippen LogP contribution in [0.25, 0.3) is 0 Å². The Morgan fingerprint density at radius 1 is 1.10 bits per heavy atom. The summed E-state index contributed by atoms with van der Waals surface area (Å²) >= 11 is 0. The normalized spacial score (nSPS) is 24.4. The van der Waals surface area contributed by atoms with Crippen LogP contribution in [0.2, 0.25) is 0 Å². The summed E-state index contributed by atoms with van der Waals surface area (Å²) in [5.74, 6) is -0.232. The summed E-state index contributed by atoms with van der Waals surface area (Å²) in [5, 5.41) is 13.3. The molecular weight excluding hydrogens is 396 g/mol. The second-order valence-electron chi connectivity index (χ2n) is 7.97. The number of hydrazone groups is 1. The summed E-state index contributed by atoms with van der Waals surface area (Å²) in [6, 6.07) is 16.0. The molecule has 0 saturated carbocycles. The number of carbonyl (C=O) groups is 2. The Bertz CT molecular complexity index is 929. The monoisotopic (exact) mass is 422 g/mol. The third-order valence-electron chi connectivity index (χ3n) is 5.99. The van der Waals surface area contributed by atoms with Gasteiger partial charge in [-0.25, -0.2) is 9.59 Å². The Labute approximate surface area is 181 Å². The van der Waals surface area contributed by atoms with E-state index in [-0.39, 0.29) is 24.7 Å². The summed E-state index contributed by atoms with van der Waals surface area (Å²) < 4.78 is 11.3. The minimum absolute atomic E-state index is 0.00629. The average Bonchev–Trinajstić information content (AvgIpc) is 3.38. The van der Waals surface area contributed by atoms with Gasteiger partial charge in [-0.05, 0) is 61.4 Å². The molecule has 2 aromatic carbocycles. The molecule has 2 aliphatic rings. The Kier molecular flexibility index (Phi) is 6.62. The van der Waals surface area contributed by atoms with Crippen molar-refractivity contribution >= 4 is 18.2 Å². The molecule has 4 atom stereocenters. The van der Waals surface area contributed by atoms with Gasteiger partial charge < -0.3 is 14.6 Å². The van der Waals surface area contributed by atoms with Crippen molar-refractivity contribution in [2.45, 2.75) is 37.9 Å². The summed E-state index contributed by atoms with van der Waals surface area (Å²) in [4.78, 5) is 22.9. The number of para-hydroxylation sites is 1. The van der Waals surface area contributed by atoms with Gasteiger partial charge in [-0.15, -0.1) is 0 Å². The second-order valence-corrected chi connectivity index (χ2v) is 7.97. The zero-order valence-corrected chi connectivity index (χ0v) is 17.1. The predicted octanol–water partition coefficient (Wildman–Crippen LogP) is 3.29. The van der Waals surface area contributed by atoms with E-state index in [2.05, 4.69) is 10.5 Å². The van der Waals surface area contributed by atoms with E-state index in [1.165, 1.54) is 0 Å². The molecule has 2 heterocycles. The number of aromatic carboxylic acids is 1. The molecule has 7 nitrogen and oxygen atoms in total. The van der Waals surface area contributed by atoms with Crippen LogP contribution in [-0.4, -0.2) is 42.0 Å². The Hall–Kier alpha value is -3.19. The van der Waals surface area contributed by atoms with Gasteiger partial charge in [-0.2, -0.15) is 5.10 Å². The molecule has 2 aliphatic heterocycles. The molecule has 2 bridgehead atoms. The van der Waals surface area contributed by atoms with Crippen molar-refractivity contribution in [1.82, 2.24) is 5.43 Å². The van der Waals surface area contributed by atoms with Gasteiger partial charge in [0.05, 0.1) is 17.8 Å². The van der Waals surface area contributed by atoms with Gasteiger partial charge in [0.15, 0.2) is 0 Å². The van der Waals surface area contributed by atoms with Gasteiger partial charge in [0.2, 0.25) is 0 Å². The van der Waals surface area contributed by atoms with Crippen LogP contribution in [0.5, 0.6) is 5.75 Å². The minimum atomic E-state index is -0.913. The molecule has 0 spiro atoms. The molecule has 7 heteroatoms. The molecule has 2 saturated heterocycles. The number of carbonyl (C=O) groups excluding carboxylic acids is 1. The van der Waals surface area contributed by atoms with E-state index >= 15 is 0 Å². The summed E-state index contributed by atoms with van der Waals surface area (Å²) in [5.41, 5.74) is 4.20. The molecule has 0 amide bonds. The van der Waals surface area contributed by atoms with Crippen molar-refractivity contribution in [3.63, 3.8) is 0 Å². The first kappa shape index (κ1) is 21.1. The molecule has 0 aliphatic carbocycles. The highest BCUT2D eigenvalue weighted by molar-refractivity contribution is 5.87. The van der Waals surface area contributed by atoms with Gasteiger partial charge in [0, 0.05) is 12.1 Å². The number of aryl methyl sites for hydroxylation is 1. The maximum atomic E-state index is 11.9. The van der Waals surface area contributed by atoms with Gasteiger partial charge in [0.25, 0.3) is 0 Å². The predicted molar refractivity (Wildman–Crippen MR) is 115 cm³/mol. The number of nitrogens with zero attached hydrogens (tertiary/aromatic N) is 1. The van der Waals surface area contributed by atoms with E-state index < -0.39 is 11.9 Å². The van der Waals surface area contributed by atoms with Crippen LogP contribution in [0.3, 0.4) is 0 Å². The quantitative estimate of drug-likeness (QED) is 0.279. The zero-order valence-electron chi connectivity index (χ0n) is 17.1. The van der Waals surface area contributed by atoms with Crippen molar-refractivity contribution in [3.8, 4) is 5.75 Å². The molecule has 0 aromatic heterocycles. The molecule has 0 radical (unpaired) electrons. The first-order valence-corrected chi connectivity index (χ1v) is 10.6. The molecule has 4 unspecified atom stereocenters. The van der Waals surface area contributed by atoms with Crippen LogP contribution < -0.4 is 10.2 Å². The molecule has 4 rings (SSSR count). The highest BCUT2D eigenvalue weighted by Gasteiger charge is 2.47. The third kappa shape index (κ3) is 5.30.